The van der Waals surface area contributed by atoms with E-state index in [1.54, 1.807) is 41.2 Å². The number of nitrogens with one attached hydrogen (secondary N) is 2. The Bertz CT molecular complexity index is 634. The third kappa shape index (κ3) is 3.96. The van der Waals surface area contributed by atoms with E-state index < -0.39 is 6.03 Å². The number of carbonyl (C=O) groups excluding carboxylic acids is 2. The lowest BCUT2D eigenvalue weighted by Gasteiger charge is -2.04. The molecular weight excluding hydrogens is 272 g/mol. The molecule has 2 rings (SSSR count). The minimum absolute atomic E-state index is 0.264. The van der Waals surface area contributed by atoms with E-state index in [-0.39, 0.29) is 24.7 Å². The molecule has 2 aromatic rings. The number of aromatic nitrogens is 2. The zero-order valence-electron chi connectivity index (χ0n) is 11.2. The number of amides is 3. The summed E-state index contributed by atoms with van der Waals surface area (Å²) >= 11 is 0. The van der Waals surface area contributed by atoms with Crippen LogP contribution < -0.4 is 22.1 Å². The van der Waals surface area contributed by atoms with Gasteiger partial charge in [-0.25, -0.2) is 9.48 Å². The number of urea groups is 1. The van der Waals surface area contributed by atoms with Gasteiger partial charge in [0.2, 0.25) is 0 Å². The summed E-state index contributed by atoms with van der Waals surface area (Å²) in [6, 6.07) is 8.10. The number of nitrogens with two attached hydrogens (primary N) is 2. The average Bonchev–Trinajstić information content (AvgIpc) is 2.94. The van der Waals surface area contributed by atoms with Gasteiger partial charge in [0.05, 0.1) is 5.69 Å². The summed E-state index contributed by atoms with van der Waals surface area (Å²) in [7, 11) is 0. The molecule has 0 saturated carbocycles. The second kappa shape index (κ2) is 6.42. The van der Waals surface area contributed by atoms with Crippen LogP contribution in [0.1, 0.15) is 10.5 Å². The Morgan fingerprint density at radius 1 is 1.10 bits per heavy atom. The van der Waals surface area contributed by atoms with E-state index >= 15 is 0 Å². The number of carbonyl (C=O) groups is 2. The average molecular weight is 288 g/mol. The molecule has 0 bridgehead atoms. The maximum absolute atomic E-state index is 11.8. The molecule has 8 nitrogen and oxygen atoms in total. The number of hydrogen-bond acceptors (Lipinski definition) is 4. The van der Waals surface area contributed by atoms with Crippen LogP contribution in [0.15, 0.2) is 36.5 Å². The molecule has 0 atom stereocenters. The second-order valence-corrected chi connectivity index (χ2v) is 4.28. The number of nitrogens with zero attached hydrogens (tertiary/aromatic N) is 2. The van der Waals surface area contributed by atoms with Crippen molar-refractivity contribution in [1.29, 1.82) is 0 Å². The van der Waals surface area contributed by atoms with E-state index in [0.717, 1.165) is 5.69 Å². The number of hydrogen-bond donors (Lipinski definition) is 4. The van der Waals surface area contributed by atoms with Crippen LogP contribution in [0.3, 0.4) is 0 Å². The van der Waals surface area contributed by atoms with Crippen molar-refractivity contribution in [3.63, 3.8) is 0 Å². The fraction of sp³-hybridized carbons (Fsp3) is 0.154. The predicted molar refractivity (Wildman–Crippen MR) is 77.9 cm³/mol. The summed E-state index contributed by atoms with van der Waals surface area (Å²) in [5.74, 6) is -0.324. The lowest BCUT2D eigenvalue weighted by atomic mass is 10.3. The maximum Gasteiger partial charge on any atom is 0.312 e. The molecule has 1 aromatic carbocycles. The first kappa shape index (κ1) is 14.4. The summed E-state index contributed by atoms with van der Waals surface area (Å²) in [6.45, 7) is 0.538. The van der Waals surface area contributed by atoms with Gasteiger partial charge < -0.3 is 22.1 Å². The van der Waals surface area contributed by atoms with Crippen LogP contribution in [0.5, 0.6) is 0 Å². The Morgan fingerprint density at radius 2 is 1.76 bits per heavy atom. The van der Waals surface area contributed by atoms with Crippen LogP contribution >= 0.6 is 0 Å². The molecule has 0 aliphatic heterocycles. The van der Waals surface area contributed by atoms with Crippen LogP contribution in [-0.2, 0) is 0 Å². The third-order valence-electron chi connectivity index (χ3n) is 2.69. The van der Waals surface area contributed by atoms with Crippen LogP contribution in [0.2, 0.25) is 0 Å². The summed E-state index contributed by atoms with van der Waals surface area (Å²) < 4.78 is 1.58. The standard InChI is InChI=1S/C13H16N6O2/c14-9-1-3-10(4-2-9)19-8-5-11(18-19)12(20)16-6-7-17-13(15)21/h1-5,8H,6-7,14H2,(H,16,20)(H3,15,17,21). The third-order valence-corrected chi connectivity index (χ3v) is 2.69. The topological polar surface area (TPSA) is 128 Å². The number of rotatable bonds is 5. The molecule has 1 aromatic heterocycles. The van der Waals surface area contributed by atoms with E-state index in [9.17, 15) is 9.59 Å². The predicted octanol–water partition coefficient (Wildman–Crippen LogP) is -0.147. The van der Waals surface area contributed by atoms with Gasteiger partial charge in [-0.15, -0.1) is 0 Å². The van der Waals surface area contributed by atoms with Gasteiger partial charge in [-0.3, -0.25) is 4.79 Å². The molecule has 0 saturated heterocycles. The van der Waals surface area contributed by atoms with Crippen molar-refractivity contribution >= 4 is 17.6 Å². The van der Waals surface area contributed by atoms with Crippen molar-refractivity contribution in [3.8, 4) is 5.69 Å². The lowest BCUT2D eigenvalue weighted by molar-refractivity contribution is 0.0948. The SMILES string of the molecule is NC(=O)NCCNC(=O)c1ccn(-c2ccc(N)cc2)n1. The smallest absolute Gasteiger partial charge is 0.312 e. The largest absolute Gasteiger partial charge is 0.399 e. The van der Waals surface area contributed by atoms with E-state index in [2.05, 4.69) is 15.7 Å². The minimum atomic E-state index is -0.628. The molecule has 21 heavy (non-hydrogen) atoms. The van der Waals surface area contributed by atoms with E-state index in [4.69, 9.17) is 11.5 Å². The van der Waals surface area contributed by atoms with Crippen LogP contribution in [0.4, 0.5) is 10.5 Å². The summed E-state index contributed by atoms with van der Waals surface area (Å²) in [4.78, 5) is 22.3. The summed E-state index contributed by atoms with van der Waals surface area (Å²) in [5.41, 5.74) is 12.3. The number of nitrogen functional groups attached to an aromatic ring is 1. The first-order valence-electron chi connectivity index (χ1n) is 6.29. The highest BCUT2D eigenvalue weighted by molar-refractivity contribution is 5.92. The normalized spacial score (nSPS) is 10.1. The van der Waals surface area contributed by atoms with E-state index in [1.165, 1.54) is 0 Å². The van der Waals surface area contributed by atoms with Crippen molar-refractivity contribution in [2.75, 3.05) is 18.8 Å². The molecular formula is C13H16N6O2. The van der Waals surface area contributed by atoms with Gasteiger partial charge in [0.15, 0.2) is 5.69 Å². The summed E-state index contributed by atoms with van der Waals surface area (Å²) in [6.07, 6.45) is 1.68. The monoisotopic (exact) mass is 288 g/mol. The Hall–Kier alpha value is -3.03. The molecule has 0 unspecified atom stereocenters. The quantitative estimate of drug-likeness (QED) is 0.450. The van der Waals surface area contributed by atoms with Crippen molar-refractivity contribution in [1.82, 2.24) is 20.4 Å². The molecule has 8 heteroatoms. The molecule has 0 fully saturated rings. The highest BCUT2D eigenvalue weighted by Gasteiger charge is 2.09. The van der Waals surface area contributed by atoms with Crippen molar-refractivity contribution < 1.29 is 9.59 Å². The van der Waals surface area contributed by atoms with Gasteiger partial charge in [0.1, 0.15) is 0 Å². The van der Waals surface area contributed by atoms with Crippen molar-refractivity contribution in [2.24, 2.45) is 5.73 Å². The first-order valence-corrected chi connectivity index (χ1v) is 6.29. The molecule has 0 aliphatic carbocycles. The van der Waals surface area contributed by atoms with Gasteiger partial charge in [0.25, 0.3) is 5.91 Å². The van der Waals surface area contributed by atoms with E-state index in [1.807, 2.05) is 0 Å². The van der Waals surface area contributed by atoms with Gasteiger partial charge >= 0.3 is 6.03 Å². The molecule has 0 radical (unpaired) electrons. The fourth-order valence-corrected chi connectivity index (χ4v) is 1.67. The van der Waals surface area contributed by atoms with E-state index in [0.29, 0.717) is 5.69 Å². The first-order chi connectivity index (χ1) is 10.1. The molecule has 3 amide bonds. The lowest BCUT2D eigenvalue weighted by Crippen LogP contribution is -2.37. The van der Waals surface area contributed by atoms with Crippen molar-refractivity contribution in [2.45, 2.75) is 0 Å². The van der Waals surface area contributed by atoms with Gasteiger partial charge in [-0.05, 0) is 30.3 Å². The highest BCUT2D eigenvalue weighted by Crippen LogP contribution is 2.10. The number of anilines is 1. The van der Waals surface area contributed by atoms with Crippen LogP contribution in [0, 0.1) is 0 Å². The Kier molecular flexibility index (Phi) is 4.39. The van der Waals surface area contributed by atoms with Crippen molar-refractivity contribution in [3.05, 3.63) is 42.2 Å². The molecule has 0 aliphatic rings. The molecule has 6 N–H and O–H groups in total. The number of primary amides is 1. The molecule has 110 valence electrons. The van der Waals surface area contributed by atoms with Gasteiger partial charge in [-0.1, -0.05) is 0 Å². The maximum atomic E-state index is 11.8. The van der Waals surface area contributed by atoms with Gasteiger partial charge in [0, 0.05) is 25.0 Å². The van der Waals surface area contributed by atoms with Crippen LogP contribution in [-0.4, -0.2) is 34.8 Å². The number of benzene rings is 1. The Morgan fingerprint density at radius 3 is 2.43 bits per heavy atom. The Balaban J connectivity index is 1.94. The molecule has 1 heterocycles. The van der Waals surface area contributed by atoms with Crippen LogP contribution in [0.25, 0.3) is 5.69 Å². The van der Waals surface area contributed by atoms with Gasteiger partial charge in [-0.2, -0.15) is 5.10 Å². The fourth-order valence-electron chi connectivity index (χ4n) is 1.67. The minimum Gasteiger partial charge on any atom is -0.399 e. The zero-order chi connectivity index (χ0) is 15.2. The molecule has 0 spiro atoms. The second-order valence-electron chi connectivity index (χ2n) is 4.28. The zero-order valence-corrected chi connectivity index (χ0v) is 11.2. The highest BCUT2D eigenvalue weighted by atomic mass is 16.2. The Labute approximate surface area is 121 Å². The summed E-state index contributed by atoms with van der Waals surface area (Å²) in [5, 5.41) is 9.17.